The third kappa shape index (κ3) is 6.44. The Bertz CT molecular complexity index is 544. The van der Waals surface area contributed by atoms with E-state index in [1.165, 1.54) is 0 Å². The molecular weight excluding hydrogens is 332 g/mol. The summed E-state index contributed by atoms with van der Waals surface area (Å²) in [5.74, 6) is -2.42. The highest BCUT2D eigenvalue weighted by atomic mass is 32.1. The van der Waals surface area contributed by atoms with Gasteiger partial charge in [-0.3, -0.25) is 0 Å². The fourth-order valence-corrected chi connectivity index (χ4v) is 1.96. The lowest BCUT2D eigenvalue weighted by molar-refractivity contribution is -0.159. The topological polar surface area (TPSA) is 155 Å². The first kappa shape index (κ1) is 18.6. The second-order valence-corrected chi connectivity index (χ2v) is 4.76. The highest BCUT2D eigenvalue weighted by Gasteiger charge is 2.19. The Hall–Kier alpha value is -2.47. The van der Waals surface area contributed by atoms with Crippen molar-refractivity contribution >= 4 is 35.2 Å². The quantitative estimate of drug-likeness (QED) is 0.287. The van der Waals surface area contributed by atoms with E-state index < -0.39 is 11.9 Å². The van der Waals surface area contributed by atoms with Gasteiger partial charge in [0.1, 0.15) is 6.61 Å². The number of aliphatic carboxylic acids is 2. The monoisotopic (exact) mass is 348 g/mol. The summed E-state index contributed by atoms with van der Waals surface area (Å²) in [6.07, 6.45) is 0. The van der Waals surface area contributed by atoms with Crippen LogP contribution in [0.25, 0.3) is 0 Å². The standard InChI is InChI=1S/C9H14N4O3S.C2H2O4/c1-7(10-14)6-16-9-8(11-17-12-9)13-2-4-15-5-3-13;3-1(4)2(5)6/h14H,2-6H2,1H3;(H,3,4)(H,5,6). The number of carboxylic acid groups (broad SMARTS) is 2. The summed E-state index contributed by atoms with van der Waals surface area (Å²) in [5.41, 5.74) is 0.492. The zero-order chi connectivity index (χ0) is 17.2. The van der Waals surface area contributed by atoms with E-state index in [2.05, 4.69) is 18.8 Å². The minimum atomic E-state index is -1.82. The van der Waals surface area contributed by atoms with Crippen molar-refractivity contribution in [3.8, 4) is 5.88 Å². The van der Waals surface area contributed by atoms with Crippen LogP contribution in [0.2, 0.25) is 0 Å². The van der Waals surface area contributed by atoms with Crippen LogP contribution < -0.4 is 9.64 Å². The Morgan fingerprint density at radius 3 is 2.43 bits per heavy atom. The summed E-state index contributed by atoms with van der Waals surface area (Å²) in [4.78, 5) is 20.3. The third-order valence-electron chi connectivity index (χ3n) is 2.52. The molecule has 12 heteroatoms. The van der Waals surface area contributed by atoms with Gasteiger partial charge in [-0.25, -0.2) is 9.59 Å². The molecule has 0 amide bonds. The SMILES string of the molecule is CC(COc1nsnc1N1CCOCC1)=NO.O=C(O)C(=O)O. The zero-order valence-electron chi connectivity index (χ0n) is 12.2. The van der Waals surface area contributed by atoms with Crippen LogP contribution in [0.5, 0.6) is 5.88 Å². The molecule has 0 spiro atoms. The summed E-state index contributed by atoms with van der Waals surface area (Å²) in [6.45, 7) is 4.83. The van der Waals surface area contributed by atoms with E-state index in [9.17, 15) is 0 Å². The molecule has 3 N–H and O–H groups in total. The van der Waals surface area contributed by atoms with Crippen molar-refractivity contribution in [2.75, 3.05) is 37.8 Å². The van der Waals surface area contributed by atoms with Crippen molar-refractivity contribution in [1.82, 2.24) is 8.75 Å². The van der Waals surface area contributed by atoms with Crippen LogP contribution >= 0.6 is 11.7 Å². The van der Waals surface area contributed by atoms with Gasteiger partial charge in [-0.1, -0.05) is 5.16 Å². The van der Waals surface area contributed by atoms with Gasteiger partial charge in [0.25, 0.3) is 5.88 Å². The number of carbonyl (C=O) groups is 2. The number of rotatable bonds is 4. The van der Waals surface area contributed by atoms with Gasteiger partial charge in [-0.2, -0.15) is 4.37 Å². The van der Waals surface area contributed by atoms with Crippen LogP contribution in [0.4, 0.5) is 5.82 Å². The first-order chi connectivity index (χ1) is 11.0. The summed E-state index contributed by atoms with van der Waals surface area (Å²) in [7, 11) is 0. The maximum atomic E-state index is 9.10. The summed E-state index contributed by atoms with van der Waals surface area (Å²) in [5, 5.41) is 26.4. The molecule has 1 saturated heterocycles. The normalized spacial score (nSPS) is 14.7. The molecule has 2 heterocycles. The lowest BCUT2D eigenvalue weighted by Gasteiger charge is -2.26. The van der Waals surface area contributed by atoms with E-state index in [1.807, 2.05) is 0 Å². The maximum Gasteiger partial charge on any atom is 0.414 e. The number of hydrogen-bond acceptors (Lipinski definition) is 10. The molecule has 1 aliphatic heterocycles. The van der Waals surface area contributed by atoms with Crippen molar-refractivity contribution in [3.63, 3.8) is 0 Å². The summed E-state index contributed by atoms with van der Waals surface area (Å²) < 4.78 is 19.0. The van der Waals surface area contributed by atoms with Gasteiger partial charge in [-0.15, -0.1) is 4.37 Å². The molecule has 0 atom stereocenters. The molecule has 0 radical (unpaired) electrons. The van der Waals surface area contributed by atoms with Crippen molar-refractivity contribution in [2.45, 2.75) is 6.92 Å². The van der Waals surface area contributed by atoms with E-state index >= 15 is 0 Å². The van der Waals surface area contributed by atoms with Crippen molar-refractivity contribution in [1.29, 1.82) is 0 Å². The Labute approximate surface area is 135 Å². The number of hydrogen-bond donors (Lipinski definition) is 3. The van der Waals surface area contributed by atoms with Gasteiger partial charge in [0.15, 0.2) is 0 Å². The predicted octanol–water partition coefficient (Wildman–Crippen LogP) is -0.241. The second kappa shape index (κ2) is 9.53. The number of morpholine rings is 1. The fraction of sp³-hybridized carbons (Fsp3) is 0.545. The molecule has 0 bridgehead atoms. The van der Waals surface area contributed by atoms with Gasteiger partial charge in [0.05, 0.1) is 30.7 Å². The molecule has 0 aliphatic carbocycles. The minimum Gasteiger partial charge on any atom is -0.473 e. The number of ether oxygens (including phenoxy) is 2. The molecule has 1 aliphatic rings. The summed E-state index contributed by atoms with van der Waals surface area (Å²) >= 11 is 1.11. The Kier molecular flexibility index (Phi) is 7.70. The molecule has 1 aromatic heterocycles. The average Bonchev–Trinajstić information content (AvgIpc) is 3.02. The second-order valence-electron chi connectivity index (χ2n) is 4.23. The van der Waals surface area contributed by atoms with Crippen LogP contribution in [0.1, 0.15) is 6.92 Å². The lowest BCUT2D eigenvalue weighted by atomic mass is 10.4. The minimum absolute atomic E-state index is 0.208. The molecule has 1 fully saturated rings. The van der Waals surface area contributed by atoms with Crippen LogP contribution in [0.15, 0.2) is 5.16 Å². The summed E-state index contributed by atoms with van der Waals surface area (Å²) in [6, 6.07) is 0. The van der Waals surface area contributed by atoms with E-state index in [-0.39, 0.29) is 6.61 Å². The van der Waals surface area contributed by atoms with Crippen molar-refractivity contribution in [3.05, 3.63) is 0 Å². The number of aromatic nitrogens is 2. The maximum absolute atomic E-state index is 9.10. The first-order valence-electron chi connectivity index (χ1n) is 6.37. The largest absolute Gasteiger partial charge is 0.473 e. The van der Waals surface area contributed by atoms with Crippen LogP contribution in [0, 0.1) is 0 Å². The van der Waals surface area contributed by atoms with Gasteiger partial charge in [-0.05, 0) is 6.92 Å². The third-order valence-corrected chi connectivity index (χ3v) is 3.03. The number of nitrogens with zero attached hydrogens (tertiary/aromatic N) is 4. The molecule has 0 saturated carbocycles. The Morgan fingerprint density at radius 1 is 1.30 bits per heavy atom. The Balaban J connectivity index is 0.000000379. The predicted molar refractivity (Wildman–Crippen MR) is 78.6 cm³/mol. The number of anilines is 1. The number of oxime groups is 1. The van der Waals surface area contributed by atoms with Crippen LogP contribution in [0.3, 0.4) is 0 Å². The van der Waals surface area contributed by atoms with Gasteiger partial charge >= 0.3 is 11.9 Å². The fourth-order valence-electron chi connectivity index (χ4n) is 1.44. The lowest BCUT2D eigenvalue weighted by Crippen LogP contribution is -2.36. The van der Waals surface area contributed by atoms with Gasteiger partial charge in [0, 0.05) is 13.1 Å². The van der Waals surface area contributed by atoms with E-state index in [4.69, 9.17) is 34.5 Å². The molecule has 11 nitrogen and oxygen atoms in total. The van der Waals surface area contributed by atoms with Crippen molar-refractivity contribution < 1.29 is 34.5 Å². The van der Waals surface area contributed by atoms with E-state index in [0.717, 1.165) is 30.6 Å². The highest BCUT2D eigenvalue weighted by Crippen LogP contribution is 2.26. The average molecular weight is 348 g/mol. The molecule has 128 valence electrons. The van der Waals surface area contributed by atoms with E-state index in [0.29, 0.717) is 24.8 Å². The van der Waals surface area contributed by atoms with Gasteiger partial charge in [0.2, 0.25) is 5.82 Å². The molecule has 2 rings (SSSR count). The molecule has 1 aromatic rings. The van der Waals surface area contributed by atoms with Crippen LogP contribution in [-0.4, -0.2) is 74.7 Å². The molecule has 23 heavy (non-hydrogen) atoms. The van der Waals surface area contributed by atoms with E-state index in [1.54, 1.807) is 6.92 Å². The van der Waals surface area contributed by atoms with Crippen molar-refractivity contribution in [2.24, 2.45) is 5.16 Å². The Morgan fingerprint density at radius 2 is 1.91 bits per heavy atom. The number of carboxylic acids is 2. The first-order valence-corrected chi connectivity index (χ1v) is 7.10. The molecule has 0 unspecified atom stereocenters. The zero-order valence-corrected chi connectivity index (χ0v) is 13.0. The smallest absolute Gasteiger partial charge is 0.414 e. The highest BCUT2D eigenvalue weighted by molar-refractivity contribution is 6.99. The molecular formula is C11H16N4O7S. The molecule has 0 aromatic carbocycles. The van der Waals surface area contributed by atoms with Gasteiger partial charge < -0.3 is 29.8 Å². The van der Waals surface area contributed by atoms with Crippen LogP contribution in [-0.2, 0) is 14.3 Å².